The first-order valence-electron chi connectivity index (χ1n) is 8.44. The fourth-order valence-corrected chi connectivity index (χ4v) is 2.75. The predicted molar refractivity (Wildman–Crippen MR) is 106 cm³/mol. The van der Waals surface area contributed by atoms with Crippen LogP contribution >= 0.6 is 11.6 Å². The molecule has 0 spiro atoms. The molecule has 144 valence electrons. The Labute approximate surface area is 164 Å². The first kappa shape index (κ1) is 20.6. The molecular weight excluding hydrogens is 368 g/mol. The van der Waals surface area contributed by atoms with E-state index in [0.717, 1.165) is 5.56 Å². The number of halogens is 1. The Balaban J connectivity index is 1.88. The lowest BCUT2D eigenvalue weighted by atomic mass is 10.1. The van der Waals surface area contributed by atoms with Crippen LogP contribution in [0.5, 0.6) is 11.5 Å². The van der Waals surface area contributed by atoms with Crippen LogP contribution in [0, 0.1) is 0 Å². The first-order chi connectivity index (χ1) is 12.9. The van der Waals surface area contributed by atoms with Crippen molar-refractivity contribution >= 4 is 29.1 Å². The Hall–Kier alpha value is -2.73. The Morgan fingerprint density at radius 2 is 1.78 bits per heavy atom. The molecule has 0 saturated carbocycles. The van der Waals surface area contributed by atoms with E-state index in [1.54, 1.807) is 51.6 Å². The van der Waals surface area contributed by atoms with Gasteiger partial charge >= 0.3 is 0 Å². The summed E-state index contributed by atoms with van der Waals surface area (Å²) in [6.45, 7) is -0.0310. The highest BCUT2D eigenvalue weighted by Gasteiger charge is 2.15. The van der Waals surface area contributed by atoms with Gasteiger partial charge in [-0.3, -0.25) is 9.59 Å². The predicted octanol–water partition coefficient (Wildman–Crippen LogP) is 3.39. The van der Waals surface area contributed by atoms with Crippen LogP contribution in [-0.4, -0.2) is 44.5 Å². The number of nitrogens with one attached hydrogen (secondary N) is 1. The minimum atomic E-state index is -0.271. The van der Waals surface area contributed by atoms with Gasteiger partial charge in [0.05, 0.1) is 20.8 Å². The molecule has 0 bridgehead atoms. The Kier molecular flexibility index (Phi) is 7.49. The third kappa shape index (κ3) is 5.89. The van der Waals surface area contributed by atoms with Gasteiger partial charge in [0.15, 0.2) is 11.5 Å². The van der Waals surface area contributed by atoms with E-state index in [2.05, 4.69) is 5.32 Å². The van der Waals surface area contributed by atoms with E-state index in [1.165, 1.54) is 4.90 Å². The molecule has 0 radical (unpaired) electrons. The van der Waals surface area contributed by atoms with Crippen LogP contribution in [0.15, 0.2) is 42.5 Å². The van der Waals surface area contributed by atoms with Gasteiger partial charge in [0.2, 0.25) is 11.8 Å². The van der Waals surface area contributed by atoms with Crippen molar-refractivity contribution < 1.29 is 19.1 Å². The minimum absolute atomic E-state index is 0.0310. The smallest absolute Gasteiger partial charge is 0.243 e. The molecule has 0 heterocycles. The summed E-state index contributed by atoms with van der Waals surface area (Å²) >= 11 is 5.82. The van der Waals surface area contributed by atoms with E-state index >= 15 is 0 Å². The second kappa shape index (κ2) is 9.83. The van der Waals surface area contributed by atoms with Gasteiger partial charge in [-0.25, -0.2) is 0 Å². The van der Waals surface area contributed by atoms with E-state index in [0.29, 0.717) is 28.6 Å². The van der Waals surface area contributed by atoms with E-state index in [9.17, 15) is 9.59 Å². The Morgan fingerprint density at radius 1 is 1.07 bits per heavy atom. The summed E-state index contributed by atoms with van der Waals surface area (Å²) < 4.78 is 10.6. The maximum atomic E-state index is 12.4. The number of rotatable bonds is 8. The van der Waals surface area contributed by atoms with Gasteiger partial charge in [0.1, 0.15) is 0 Å². The molecule has 0 saturated heterocycles. The topological polar surface area (TPSA) is 67.9 Å². The van der Waals surface area contributed by atoms with Crippen LogP contribution in [0.25, 0.3) is 0 Å². The number of ether oxygens (including phenoxy) is 2. The van der Waals surface area contributed by atoms with Gasteiger partial charge < -0.3 is 19.7 Å². The molecule has 2 amide bonds. The molecule has 0 fully saturated rings. The van der Waals surface area contributed by atoms with Gasteiger partial charge in [0, 0.05) is 24.2 Å². The van der Waals surface area contributed by atoms with Crippen molar-refractivity contribution in [3.05, 3.63) is 53.1 Å². The highest BCUT2D eigenvalue weighted by molar-refractivity contribution is 6.30. The fraction of sp³-hybridized carbons (Fsp3) is 0.300. The average molecular weight is 391 g/mol. The molecule has 0 aliphatic carbocycles. The van der Waals surface area contributed by atoms with Crippen molar-refractivity contribution in [3.8, 4) is 11.5 Å². The average Bonchev–Trinajstić information content (AvgIpc) is 2.67. The maximum Gasteiger partial charge on any atom is 0.243 e. The molecule has 27 heavy (non-hydrogen) atoms. The van der Waals surface area contributed by atoms with E-state index < -0.39 is 0 Å². The van der Waals surface area contributed by atoms with Crippen molar-refractivity contribution in [1.29, 1.82) is 0 Å². The number of benzene rings is 2. The third-order valence-corrected chi connectivity index (χ3v) is 4.28. The van der Waals surface area contributed by atoms with E-state index in [1.807, 2.05) is 12.1 Å². The standard InChI is InChI=1S/C20H23ClN2O4/c1-23(13-18(24)22-16-10-8-15(21)9-11-16)19(25)12-7-14-5-4-6-17(26-2)20(14)27-3/h4-6,8-11H,7,12-13H2,1-3H3,(H,22,24). The van der Waals surface area contributed by atoms with E-state index in [-0.39, 0.29) is 24.8 Å². The largest absolute Gasteiger partial charge is 0.493 e. The number of methoxy groups -OCH3 is 2. The van der Waals surface area contributed by atoms with Crippen molar-refractivity contribution in [3.63, 3.8) is 0 Å². The summed E-state index contributed by atoms with van der Waals surface area (Å²) in [6.07, 6.45) is 0.747. The molecule has 2 rings (SSSR count). The molecule has 0 aliphatic heterocycles. The first-order valence-corrected chi connectivity index (χ1v) is 8.81. The molecule has 6 nitrogen and oxygen atoms in total. The lowest BCUT2D eigenvalue weighted by Gasteiger charge is -2.18. The normalized spacial score (nSPS) is 10.2. The zero-order chi connectivity index (χ0) is 19.8. The number of carbonyl (C=O) groups excluding carboxylic acids is 2. The van der Waals surface area contributed by atoms with Crippen molar-refractivity contribution in [2.24, 2.45) is 0 Å². The second-order valence-corrected chi connectivity index (χ2v) is 6.39. The molecule has 2 aromatic rings. The summed E-state index contributed by atoms with van der Waals surface area (Å²) in [5.41, 5.74) is 1.51. The van der Waals surface area contributed by atoms with Crippen molar-refractivity contribution in [2.45, 2.75) is 12.8 Å². The van der Waals surface area contributed by atoms with Gasteiger partial charge in [-0.1, -0.05) is 23.7 Å². The molecule has 2 aromatic carbocycles. The Morgan fingerprint density at radius 3 is 2.41 bits per heavy atom. The van der Waals surface area contributed by atoms with Crippen molar-refractivity contribution in [2.75, 3.05) is 33.1 Å². The summed E-state index contributed by atoms with van der Waals surface area (Å²) in [6, 6.07) is 12.3. The molecular formula is C20H23ClN2O4. The van der Waals surface area contributed by atoms with Crippen LogP contribution in [0.2, 0.25) is 5.02 Å². The highest BCUT2D eigenvalue weighted by Crippen LogP contribution is 2.31. The lowest BCUT2D eigenvalue weighted by molar-refractivity contribution is -0.133. The number of amides is 2. The lowest BCUT2D eigenvalue weighted by Crippen LogP contribution is -2.35. The van der Waals surface area contributed by atoms with Crippen LogP contribution in [0.1, 0.15) is 12.0 Å². The van der Waals surface area contributed by atoms with Crippen LogP contribution in [0.4, 0.5) is 5.69 Å². The number of hydrogen-bond donors (Lipinski definition) is 1. The van der Waals surface area contributed by atoms with Crippen LogP contribution < -0.4 is 14.8 Å². The van der Waals surface area contributed by atoms with E-state index in [4.69, 9.17) is 21.1 Å². The van der Waals surface area contributed by atoms with Gasteiger partial charge in [0.25, 0.3) is 0 Å². The van der Waals surface area contributed by atoms with Gasteiger partial charge in [-0.05, 0) is 42.3 Å². The third-order valence-electron chi connectivity index (χ3n) is 4.03. The minimum Gasteiger partial charge on any atom is -0.493 e. The monoisotopic (exact) mass is 390 g/mol. The molecule has 0 atom stereocenters. The number of likely N-dealkylation sites (N-methyl/N-ethyl adjacent to an activating group) is 1. The summed E-state index contributed by atoms with van der Waals surface area (Å²) in [7, 11) is 4.74. The number of anilines is 1. The summed E-state index contributed by atoms with van der Waals surface area (Å²) in [4.78, 5) is 25.9. The molecule has 7 heteroatoms. The van der Waals surface area contributed by atoms with Gasteiger partial charge in [-0.15, -0.1) is 0 Å². The van der Waals surface area contributed by atoms with Crippen molar-refractivity contribution in [1.82, 2.24) is 4.90 Å². The number of carbonyl (C=O) groups is 2. The van der Waals surface area contributed by atoms with Crippen LogP contribution in [0.3, 0.4) is 0 Å². The molecule has 0 aliphatic rings. The number of hydrogen-bond acceptors (Lipinski definition) is 4. The summed E-state index contributed by atoms with van der Waals surface area (Å²) in [5, 5.41) is 3.33. The SMILES string of the molecule is COc1cccc(CCC(=O)N(C)CC(=O)Nc2ccc(Cl)cc2)c1OC. The van der Waals surface area contributed by atoms with Crippen LogP contribution in [-0.2, 0) is 16.0 Å². The zero-order valence-corrected chi connectivity index (χ0v) is 16.4. The molecule has 0 aromatic heterocycles. The Bertz CT molecular complexity index is 793. The second-order valence-electron chi connectivity index (χ2n) is 5.96. The fourth-order valence-electron chi connectivity index (χ4n) is 2.62. The number of para-hydroxylation sites is 1. The molecule has 0 unspecified atom stereocenters. The number of aryl methyl sites for hydroxylation is 1. The zero-order valence-electron chi connectivity index (χ0n) is 15.6. The quantitative estimate of drug-likeness (QED) is 0.750. The summed E-state index contributed by atoms with van der Waals surface area (Å²) in [5.74, 6) is 0.840. The highest BCUT2D eigenvalue weighted by atomic mass is 35.5. The molecule has 1 N–H and O–H groups in total. The maximum absolute atomic E-state index is 12.4. The number of nitrogens with zero attached hydrogens (tertiary/aromatic N) is 1. The van der Waals surface area contributed by atoms with Gasteiger partial charge in [-0.2, -0.15) is 0 Å².